The Hall–Kier alpha value is -1.69. The van der Waals surface area contributed by atoms with Crippen molar-refractivity contribution in [2.75, 3.05) is 43.9 Å². The highest BCUT2D eigenvalue weighted by molar-refractivity contribution is 6.64. The predicted molar refractivity (Wildman–Crippen MR) is 75.1 cm³/mol. The topological polar surface area (TPSA) is 58.8 Å². The zero-order chi connectivity index (χ0) is 13.0. The van der Waals surface area contributed by atoms with E-state index in [1.807, 2.05) is 18.2 Å². The van der Waals surface area contributed by atoms with Crippen molar-refractivity contribution in [1.29, 1.82) is 0 Å². The SMILES string of the molecule is COc1cc(N2CCN(BC=O)CC2)ccc1N. The van der Waals surface area contributed by atoms with Crippen LogP contribution < -0.4 is 15.4 Å². The molecule has 1 heterocycles. The minimum Gasteiger partial charge on any atom is -0.495 e. The summed E-state index contributed by atoms with van der Waals surface area (Å²) in [6, 6.07) is 5.84. The lowest BCUT2D eigenvalue weighted by atomic mass is 9.93. The maximum absolute atomic E-state index is 10.5. The van der Waals surface area contributed by atoms with Gasteiger partial charge in [0.25, 0.3) is 7.41 Å². The molecular formula is C12H18BN3O2. The van der Waals surface area contributed by atoms with Crippen molar-refractivity contribution in [2.45, 2.75) is 0 Å². The molecule has 0 radical (unpaired) electrons. The van der Waals surface area contributed by atoms with Crippen molar-refractivity contribution >= 4 is 25.0 Å². The second-order valence-electron chi connectivity index (χ2n) is 4.38. The van der Waals surface area contributed by atoms with Gasteiger partial charge in [-0.25, -0.2) is 0 Å². The van der Waals surface area contributed by atoms with Crippen LogP contribution in [-0.4, -0.2) is 51.7 Å². The maximum atomic E-state index is 10.5. The van der Waals surface area contributed by atoms with E-state index in [2.05, 4.69) is 9.71 Å². The number of ether oxygens (including phenoxy) is 1. The molecule has 5 nitrogen and oxygen atoms in total. The van der Waals surface area contributed by atoms with Crippen molar-refractivity contribution in [1.82, 2.24) is 4.81 Å². The standard InChI is InChI=1S/C12H18BN3O2/c1-18-12-8-10(2-3-11(12)14)15-4-6-16(7-5-15)13-9-17/h2-3,8-9,13H,4-7,14H2,1H3. The van der Waals surface area contributed by atoms with E-state index in [0.717, 1.165) is 38.1 Å². The third-order valence-corrected chi connectivity index (χ3v) is 3.29. The third-order valence-electron chi connectivity index (χ3n) is 3.29. The van der Waals surface area contributed by atoms with Crippen LogP contribution >= 0.6 is 0 Å². The molecule has 0 unspecified atom stereocenters. The molecule has 0 bridgehead atoms. The number of carbonyl (C=O) groups is 1. The number of benzene rings is 1. The molecule has 6 heteroatoms. The predicted octanol–water partition coefficient (Wildman–Crippen LogP) is -0.0589. The van der Waals surface area contributed by atoms with Gasteiger partial charge >= 0.3 is 0 Å². The molecule has 0 atom stereocenters. The van der Waals surface area contributed by atoms with Crippen LogP contribution in [0.4, 0.5) is 11.4 Å². The lowest BCUT2D eigenvalue weighted by molar-refractivity contribution is 0.406. The van der Waals surface area contributed by atoms with Gasteiger partial charge in [0.1, 0.15) is 5.75 Å². The van der Waals surface area contributed by atoms with Gasteiger partial charge in [-0.05, 0) is 12.1 Å². The van der Waals surface area contributed by atoms with E-state index < -0.39 is 0 Å². The van der Waals surface area contributed by atoms with Gasteiger partial charge in [0.15, 0.2) is 0 Å². The molecule has 0 amide bonds. The molecule has 2 rings (SSSR count). The number of carbonyl (C=O) groups excluding carboxylic acids is 1. The molecule has 96 valence electrons. The first-order valence-electron chi connectivity index (χ1n) is 6.09. The van der Waals surface area contributed by atoms with Gasteiger partial charge in [0.2, 0.25) is 0 Å². The summed E-state index contributed by atoms with van der Waals surface area (Å²) in [7, 11) is 2.15. The van der Waals surface area contributed by atoms with Gasteiger partial charge in [-0.2, -0.15) is 0 Å². The molecule has 1 aliphatic heterocycles. The smallest absolute Gasteiger partial charge is 0.281 e. The number of hydrogen-bond acceptors (Lipinski definition) is 5. The molecule has 1 aliphatic rings. The van der Waals surface area contributed by atoms with Crippen LogP contribution in [0.5, 0.6) is 5.75 Å². The summed E-state index contributed by atoms with van der Waals surface area (Å²) in [5.74, 6) is 0.711. The monoisotopic (exact) mass is 247 g/mol. The maximum Gasteiger partial charge on any atom is 0.281 e. The molecule has 1 aromatic rings. The number of nitrogens with zero attached hydrogens (tertiary/aromatic N) is 2. The fraction of sp³-hybridized carbons (Fsp3) is 0.417. The molecule has 1 fully saturated rings. The number of nitrogens with two attached hydrogens (primary N) is 1. The van der Waals surface area contributed by atoms with Crippen LogP contribution in [0.15, 0.2) is 18.2 Å². The minimum absolute atomic E-state index is 0.527. The Morgan fingerprint density at radius 1 is 1.33 bits per heavy atom. The number of anilines is 2. The van der Waals surface area contributed by atoms with Crippen LogP contribution in [-0.2, 0) is 4.79 Å². The Balaban J connectivity index is 2.03. The zero-order valence-corrected chi connectivity index (χ0v) is 10.6. The van der Waals surface area contributed by atoms with Gasteiger partial charge in [-0.15, -0.1) is 0 Å². The fourth-order valence-corrected chi connectivity index (χ4v) is 2.19. The van der Waals surface area contributed by atoms with Crippen molar-refractivity contribution in [2.24, 2.45) is 0 Å². The van der Waals surface area contributed by atoms with E-state index in [1.54, 1.807) is 7.11 Å². The highest BCUT2D eigenvalue weighted by atomic mass is 16.5. The summed E-state index contributed by atoms with van der Waals surface area (Å²) in [4.78, 5) is 14.9. The first-order chi connectivity index (χ1) is 8.74. The summed E-state index contributed by atoms with van der Waals surface area (Å²) < 4.78 is 5.23. The summed E-state index contributed by atoms with van der Waals surface area (Å²) in [6.45, 7) is 3.65. The Morgan fingerprint density at radius 3 is 2.67 bits per heavy atom. The second kappa shape index (κ2) is 5.77. The van der Waals surface area contributed by atoms with Gasteiger partial charge in [-0.3, -0.25) is 0 Å². The highest BCUT2D eigenvalue weighted by Gasteiger charge is 2.17. The summed E-state index contributed by atoms with van der Waals surface area (Å²) in [5, 5.41) is 0. The minimum atomic E-state index is 0.527. The van der Waals surface area contributed by atoms with Crippen LogP contribution in [0.1, 0.15) is 0 Å². The van der Waals surface area contributed by atoms with Gasteiger partial charge in [0, 0.05) is 37.9 Å². The summed E-state index contributed by atoms with van der Waals surface area (Å²) >= 11 is 0. The summed E-state index contributed by atoms with van der Waals surface area (Å²) in [6.07, 6.45) is 0.960. The Bertz CT molecular complexity index is 420. The Morgan fingerprint density at radius 2 is 2.06 bits per heavy atom. The largest absolute Gasteiger partial charge is 0.495 e. The molecule has 0 aliphatic carbocycles. The number of methoxy groups -OCH3 is 1. The Labute approximate surface area is 108 Å². The molecule has 0 aromatic heterocycles. The lowest BCUT2D eigenvalue weighted by Crippen LogP contribution is -2.48. The third kappa shape index (κ3) is 2.76. The fourth-order valence-electron chi connectivity index (χ4n) is 2.19. The van der Waals surface area contributed by atoms with E-state index >= 15 is 0 Å². The normalized spacial score (nSPS) is 16.4. The lowest BCUT2D eigenvalue weighted by Gasteiger charge is -2.35. The number of rotatable bonds is 4. The number of piperazine rings is 1. The number of nitrogen functional groups attached to an aromatic ring is 1. The van der Waals surface area contributed by atoms with E-state index in [9.17, 15) is 4.79 Å². The van der Waals surface area contributed by atoms with Gasteiger partial charge in [-0.1, -0.05) is 0 Å². The highest BCUT2D eigenvalue weighted by Crippen LogP contribution is 2.27. The Kier molecular flexibility index (Phi) is 4.09. The molecule has 2 N–H and O–H groups in total. The van der Waals surface area contributed by atoms with Crippen molar-refractivity contribution in [3.63, 3.8) is 0 Å². The average Bonchev–Trinajstić information content (AvgIpc) is 2.41. The van der Waals surface area contributed by atoms with E-state index in [4.69, 9.17) is 10.5 Å². The number of hydrogen-bond donors (Lipinski definition) is 1. The van der Waals surface area contributed by atoms with Crippen molar-refractivity contribution in [3.05, 3.63) is 18.2 Å². The first kappa shape index (κ1) is 12.8. The molecule has 0 saturated carbocycles. The quantitative estimate of drug-likeness (QED) is 0.459. The average molecular weight is 247 g/mol. The van der Waals surface area contributed by atoms with Crippen LogP contribution in [0.2, 0.25) is 0 Å². The van der Waals surface area contributed by atoms with E-state index in [0.29, 0.717) is 18.9 Å². The first-order valence-corrected chi connectivity index (χ1v) is 6.09. The van der Waals surface area contributed by atoms with Crippen molar-refractivity contribution < 1.29 is 9.53 Å². The van der Waals surface area contributed by atoms with Gasteiger partial charge < -0.3 is 25.0 Å². The molecule has 0 spiro atoms. The van der Waals surface area contributed by atoms with Crippen LogP contribution in [0.3, 0.4) is 0 Å². The zero-order valence-electron chi connectivity index (χ0n) is 10.6. The van der Waals surface area contributed by atoms with Gasteiger partial charge in [0.05, 0.1) is 19.0 Å². The van der Waals surface area contributed by atoms with E-state index in [-0.39, 0.29) is 0 Å². The molecule has 18 heavy (non-hydrogen) atoms. The van der Waals surface area contributed by atoms with Crippen LogP contribution in [0.25, 0.3) is 0 Å². The van der Waals surface area contributed by atoms with Crippen molar-refractivity contribution in [3.8, 4) is 5.75 Å². The molecule has 1 saturated heterocycles. The summed E-state index contributed by atoms with van der Waals surface area (Å²) in [5.41, 5.74) is 7.57. The molecule has 1 aromatic carbocycles. The second-order valence-corrected chi connectivity index (χ2v) is 4.38. The van der Waals surface area contributed by atoms with E-state index in [1.165, 1.54) is 0 Å². The molecular weight excluding hydrogens is 229 g/mol. The van der Waals surface area contributed by atoms with Crippen LogP contribution in [0, 0.1) is 0 Å².